The van der Waals surface area contributed by atoms with Crippen molar-refractivity contribution in [3.05, 3.63) is 42.0 Å². The van der Waals surface area contributed by atoms with E-state index in [4.69, 9.17) is 4.99 Å². The van der Waals surface area contributed by atoms with Crippen LogP contribution in [0.5, 0.6) is 0 Å². The van der Waals surface area contributed by atoms with Gasteiger partial charge in [0.1, 0.15) is 0 Å². The van der Waals surface area contributed by atoms with Crippen molar-refractivity contribution in [1.82, 2.24) is 15.5 Å². The topological polar surface area (TPSA) is 42.9 Å². The van der Waals surface area contributed by atoms with E-state index in [0.29, 0.717) is 6.54 Å². The highest BCUT2D eigenvalue weighted by Gasteiger charge is 2.14. The molecule has 1 aromatic carbocycles. The van der Waals surface area contributed by atoms with Crippen molar-refractivity contribution < 1.29 is 0 Å². The van der Waals surface area contributed by atoms with Crippen LogP contribution >= 0.6 is 0 Å². The summed E-state index contributed by atoms with van der Waals surface area (Å²) in [5.41, 5.74) is 2.54. The molecule has 154 valence electrons. The monoisotopic (exact) mass is 383 g/mol. The number of likely N-dealkylation sites (tertiary alicyclic amines) is 1. The molecule has 0 aromatic heterocycles. The van der Waals surface area contributed by atoms with Gasteiger partial charge < -0.3 is 20.4 Å². The summed E-state index contributed by atoms with van der Waals surface area (Å²) in [6, 6.07) is 8.75. The molecule has 2 aliphatic heterocycles. The van der Waals surface area contributed by atoms with E-state index in [1.807, 2.05) is 0 Å². The average Bonchev–Trinajstić information content (AvgIpc) is 3.26. The molecule has 1 aromatic rings. The number of aliphatic imine (C=N–C) groups is 1. The first-order valence-corrected chi connectivity index (χ1v) is 11.0. The third-order valence-electron chi connectivity index (χ3n) is 5.68. The van der Waals surface area contributed by atoms with E-state index >= 15 is 0 Å². The summed E-state index contributed by atoms with van der Waals surface area (Å²) in [5.74, 6) is 1.82. The highest BCUT2D eigenvalue weighted by atomic mass is 15.2. The van der Waals surface area contributed by atoms with Crippen molar-refractivity contribution in [2.24, 2.45) is 10.9 Å². The lowest BCUT2D eigenvalue weighted by atomic mass is 9.99. The van der Waals surface area contributed by atoms with E-state index in [0.717, 1.165) is 44.5 Å². The van der Waals surface area contributed by atoms with Crippen LogP contribution in [0.15, 0.2) is 41.4 Å². The maximum absolute atomic E-state index is 4.79. The van der Waals surface area contributed by atoms with Gasteiger partial charge in [0, 0.05) is 31.9 Å². The molecule has 28 heavy (non-hydrogen) atoms. The van der Waals surface area contributed by atoms with Gasteiger partial charge in [0.25, 0.3) is 0 Å². The Kier molecular flexibility index (Phi) is 8.22. The van der Waals surface area contributed by atoms with Crippen LogP contribution < -0.4 is 15.5 Å². The average molecular weight is 384 g/mol. The second-order valence-electron chi connectivity index (χ2n) is 8.05. The van der Waals surface area contributed by atoms with Gasteiger partial charge in [0.05, 0.1) is 6.54 Å². The van der Waals surface area contributed by atoms with Gasteiger partial charge >= 0.3 is 0 Å². The lowest BCUT2D eigenvalue weighted by molar-refractivity contribution is 0.191. The number of rotatable bonds is 8. The third-order valence-corrected chi connectivity index (χ3v) is 5.68. The Bertz CT molecular complexity index is 638. The van der Waals surface area contributed by atoms with Gasteiger partial charge in [-0.2, -0.15) is 0 Å². The van der Waals surface area contributed by atoms with Crippen molar-refractivity contribution >= 4 is 11.6 Å². The quantitative estimate of drug-likeness (QED) is 0.313. The maximum atomic E-state index is 4.79. The predicted octanol–water partition coefficient (Wildman–Crippen LogP) is 3.24. The Hall–Kier alpha value is -2.01. The summed E-state index contributed by atoms with van der Waals surface area (Å²) in [6.07, 6.45) is 8.31. The van der Waals surface area contributed by atoms with Crippen molar-refractivity contribution in [3.63, 3.8) is 0 Å². The first-order chi connectivity index (χ1) is 13.7. The molecule has 5 nitrogen and oxygen atoms in total. The van der Waals surface area contributed by atoms with Crippen LogP contribution in [-0.2, 0) is 6.54 Å². The SMILES string of the molecule is CCNC(=NCc1cccc(N2CC=CC2)c1)NCCCN1CCC(C)CC1. The number of hydrogen-bond donors (Lipinski definition) is 2. The standard InChI is InChI=1S/C23H37N5/c1-3-24-23(25-12-7-13-27-16-10-20(2)11-17-27)26-19-21-8-6-9-22(18-21)28-14-4-5-15-28/h4-6,8-9,18,20H,3,7,10-17,19H2,1-2H3,(H2,24,25,26). The van der Waals surface area contributed by atoms with Gasteiger partial charge in [0.15, 0.2) is 5.96 Å². The van der Waals surface area contributed by atoms with Gasteiger partial charge in [-0.05, 0) is 69.4 Å². The van der Waals surface area contributed by atoms with E-state index in [-0.39, 0.29) is 0 Å². The van der Waals surface area contributed by atoms with E-state index in [1.165, 1.54) is 43.7 Å². The molecule has 0 spiro atoms. The largest absolute Gasteiger partial charge is 0.364 e. The number of guanidine groups is 1. The van der Waals surface area contributed by atoms with Crippen molar-refractivity contribution in [3.8, 4) is 0 Å². The fourth-order valence-electron chi connectivity index (χ4n) is 3.85. The lowest BCUT2D eigenvalue weighted by Gasteiger charge is -2.30. The summed E-state index contributed by atoms with van der Waals surface area (Å²) in [4.78, 5) is 9.77. The first kappa shape index (κ1) is 20.7. The Morgan fingerprint density at radius 3 is 2.68 bits per heavy atom. The Morgan fingerprint density at radius 2 is 1.93 bits per heavy atom. The fraction of sp³-hybridized carbons (Fsp3) is 0.609. The van der Waals surface area contributed by atoms with Crippen LogP contribution in [-0.4, -0.2) is 56.7 Å². The van der Waals surface area contributed by atoms with Crippen LogP contribution in [0.2, 0.25) is 0 Å². The first-order valence-electron chi connectivity index (χ1n) is 11.0. The van der Waals surface area contributed by atoms with E-state index in [1.54, 1.807) is 0 Å². The molecule has 0 amide bonds. The van der Waals surface area contributed by atoms with Gasteiger partial charge in [0.2, 0.25) is 0 Å². The van der Waals surface area contributed by atoms with Crippen LogP contribution in [0.3, 0.4) is 0 Å². The van der Waals surface area contributed by atoms with Gasteiger partial charge in [-0.1, -0.05) is 31.2 Å². The highest BCUT2D eigenvalue weighted by Crippen LogP contribution is 2.19. The van der Waals surface area contributed by atoms with Gasteiger partial charge in [-0.3, -0.25) is 0 Å². The summed E-state index contributed by atoms with van der Waals surface area (Å²) in [6.45, 7) is 12.8. The molecular weight excluding hydrogens is 346 g/mol. The molecule has 0 bridgehead atoms. The zero-order chi connectivity index (χ0) is 19.6. The number of piperidine rings is 1. The molecule has 0 atom stereocenters. The highest BCUT2D eigenvalue weighted by molar-refractivity contribution is 5.79. The molecule has 1 saturated heterocycles. The van der Waals surface area contributed by atoms with Crippen LogP contribution in [0.25, 0.3) is 0 Å². The number of anilines is 1. The third kappa shape index (κ3) is 6.55. The lowest BCUT2D eigenvalue weighted by Crippen LogP contribution is -2.39. The van der Waals surface area contributed by atoms with E-state index in [9.17, 15) is 0 Å². The summed E-state index contributed by atoms with van der Waals surface area (Å²) >= 11 is 0. The maximum Gasteiger partial charge on any atom is 0.191 e. The van der Waals surface area contributed by atoms with Crippen molar-refractivity contribution in [2.45, 2.75) is 39.7 Å². The normalized spacial score (nSPS) is 18.6. The minimum Gasteiger partial charge on any atom is -0.364 e. The second-order valence-corrected chi connectivity index (χ2v) is 8.05. The van der Waals surface area contributed by atoms with Crippen LogP contribution in [0, 0.1) is 5.92 Å². The van der Waals surface area contributed by atoms with Crippen molar-refractivity contribution in [2.75, 3.05) is 50.7 Å². The number of hydrogen-bond acceptors (Lipinski definition) is 3. The Balaban J connectivity index is 1.44. The Labute approximate surface area is 170 Å². The molecule has 2 aliphatic rings. The molecule has 0 unspecified atom stereocenters. The van der Waals surface area contributed by atoms with E-state index < -0.39 is 0 Å². The zero-order valence-electron chi connectivity index (χ0n) is 17.7. The fourth-order valence-corrected chi connectivity index (χ4v) is 3.85. The summed E-state index contributed by atoms with van der Waals surface area (Å²) in [5, 5.41) is 6.87. The number of nitrogens with one attached hydrogen (secondary N) is 2. The Morgan fingerprint density at radius 1 is 1.14 bits per heavy atom. The molecule has 1 fully saturated rings. The molecule has 3 rings (SSSR count). The molecule has 0 saturated carbocycles. The summed E-state index contributed by atoms with van der Waals surface area (Å²) < 4.78 is 0. The zero-order valence-corrected chi connectivity index (χ0v) is 17.7. The minimum atomic E-state index is 0.703. The van der Waals surface area contributed by atoms with Gasteiger partial charge in [-0.25, -0.2) is 4.99 Å². The molecule has 0 radical (unpaired) electrons. The molecule has 5 heteroatoms. The van der Waals surface area contributed by atoms with Crippen molar-refractivity contribution in [1.29, 1.82) is 0 Å². The number of benzene rings is 1. The second kappa shape index (κ2) is 11.1. The molecule has 2 N–H and O–H groups in total. The molecule has 0 aliphatic carbocycles. The smallest absolute Gasteiger partial charge is 0.191 e. The van der Waals surface area contributed by atoms with E-state index in [2.05, 4.69) is 70.7 Å². The predicted molar refractivity (Wildman–Crippen MR) is 120 cm³/mol. The molecular formula is C23H37N5. The molecule has 2 heterocycles. The summed E-state index contributed by atoms with van der Waals surface area (Å²) in [7, 11) is 0. The van der Waals surface area contributed by atoms with Crippen LogP contribution in [0.1, 0.15) is 38.7 Å². The van der Waals surface area contributed by atoms with Gasteiger partial charge in [-0.15, -0.1) is 0 Å². The van der Waals surface area contributed by atoms with Crippen LogP contribution in [0.4, 0.5) is 5.69 Å². The number of nitrogens with zero attached hydrogens (tertiary/aromatic N) is 3. The minimum absolute atomic E-state index is 0.703.